The van der Waals surface area contributed by atoms with Crippen molar-refractivity contribution in [1.82, 2.24) is 15.6 Å². The fourth-order valence-corrected chi connectivity index (χ4v) is 2.44. The molecule has 0 saturated carbocycles. The maximum atomic E-state index is 4.57. The van der Waals surface area contributed by atoms with Crippen LogP contribution >= 0.6 is 0 Å². The number of anilines is 1. The quantitative estimate of drug-likeness (QED) is 0.479. The number of hydrogen-bond donors (Lipinski definition) is 2. The van der Waals surface area contributed by atoms with Gasteiger partial charge in [0.1, 0.15) is 5.82 Å². The first kappa shape index (κ1) is 15.6. The Kier molecular flexibility index (Phi) is 6.31. The van der Waals surface area contributed by atoms with E-state index in [9.17, 15) is 0 Å². The van der Waals surface area contributed by atoms with Gasteiger partial charge in [0.15, 0.2) is 5.96 Å². The van der Waals surface area contributed by atoms with E-state index in [1.165, 1.54) is 24.8 Å². The van der Waals surface area contributed by atoms with Gasteiger partial charge >= 0.3 is 0 Å². The predicted molar refractivity (Wildman–Crippen MR) is 88.8 cm³/mol. The van der Waals surface area contributed by atoms with Crippen molar-refractivity contribution in [2.75, 3.05) is 31.6 Å². The Morgan fingerprint density at radius 2 is 2.10 bits per heavy atom. The molecule has 1 aliphatic heterocycles. The Bertz CT molecular complexity index is 434. The summed E-state index contributed by atoms with van der Waals surface area (Å²) < 4.78 is 0. The fraction of sp³-hybridized carbons (Fsp3) is 0.625. The molecule has 21 heavy (non-hydrogen) atoms. The van der Waals surface area contributed by atoms with Crippen molar-refractivity contribution >= 4 is 11.8 Å². The van der Waals surface area contributed by atoms with Gasteiger partial charge < -0.3 is 15.5 Å². The maximum absolute atomic E-state index is 4.57. The number of aromatic nitrogens is 1. The Morgan fingerprint density at radius 1 is 1.29 bits per heavy atom. The number of nitrogens with one attached hydrogen (secondary N) is 2. The van der Waals surface area contributed by atoms with Gasteiger partial charge in [-0.25, -0.2) is 4.98 Å². The standard InChI is InChI=1S/C16H27N5/c1-3-4-9-18-16(17-2)20-13-14-7-8-15(19-12-14)21-10-5-6-11-21/h7-8,12H,3-6,9-11,13H2,1-2H3,(H2,17,18,20). The van der Waals surface area contributed by atoms with Crippen LogP contribution in [0.15, 0.2) is 23.3 Å². The van der Waals surface area contributed by atoms with Crippen molar-refractivity contribution in [3.63, 3.8) is 0 Å². The van der Waals surface area contributed by atoms with Crippen LogP contribution in [0.2, 0.25) is 0 Å². The van der Waals surface area contributed by atoms with E-state index in [1.807, 2.05) is 6.20 Å². The number of hydrogen-bond acceptors (Lipinski definition) is 3. The molecule has 0 bridgehead atoms. The molecule has 0 aliphatic carbocycles. The lowest BCUT2D eigenvalue weighted by Gasteiger charge is -2.16. The Balaban J connectivity index is 1.79. The summed E-state index contributed by atoms with van der Waals surface area (Å²) in [5, 5.41) is 6.63. The summed E-state index contributed by atoms with van der Waals surface area (Å²) in [6.45, 7) is 6.17. The average molecular weight is 289 g/mol. The van der Waals surface area contributed by atoms with Crippen LogP contribution in [0, 0.1) is 0 Å². The van der Waals surface area contributed by atoms with Crippen LogP contribution in [0.3, 0.4) is 0 Å². The summed E-state index contributed by atoms with van der Waals surface area (Å²) >= 11 is 0. The van der Waals surface area contributed by atoms with Gasteiger partial charge in [0.25, 0.3) is 0 Å². The summed E-state index contributed by atoms with van der Waals surface area (Å²) in [5.41, 5.74) is 1.18. The third-order valence-electron chi connectivity index (χ3n) is 3.75. The number of guanidine groups is 1. The van der Waals surface area contributed by atoms with E-state index < -0.39 is 0 Å². The van der Waals surface area contributed by atoms with E-state index in [2.05, 4.69) is 44.6 Å². The van der Waals surface area contributed by atoms with Crippen molar-refractivity contribution < 1.29 is 0 Å². The van der Waals surface area contributed by atoms with Gasteiger partial charge in [-0.05, 0) is 30.9 Å². The minimum absolute atomic E-state index is 0.749. The molecule has 5 nitrogen and oxygen atoms in total. The molecule has 0 unspecified atom stereocenters. The lowest BCUT2D eigenvalue weighted by molar-refractivity contribution is 0.728. The molecule has 5 heteroatoms. The minimum Gasteiger partial charge on any atom is -0.357 e. The van der Waals surface area contributed by atoms with Crippen LogP contribution < -0.4 is 15.5 Å². The van der Waals surface area contributed by atoms with Gasteiger partial charge in [-0.3, -0.25) is 4.99 Å². The van der Waals surface area contributed by atoms with Gasteiger partial charge in [0.2, 0.25) is 0 Å². The molecule has 0 amide bonds. The van der Waals surface area contributed by atoms with Crippen LogP contribution in [-0.2, 0) is 6.54 Å². The largest absolute Gasteiger partial charge is 0.357 e. The predicted octanol–water partition coefficient (Wildman–Crippen LogP) is 2.15. The lowest BCUT2D eigenvalue weighted by atomic mass is 10.3. The summed E-state index contributed by atoms with van der Waals surface area (Å²) in [4.78, 5) is 11.1. The highest BCUT2D eigenvalue weighted by atomic mass is 15.2. The molecular formula is C16H27N5. The second-order valence-electron chi connectivity index (χ2n) is 5.42. The number of rotatable bonds is 6. The molecule has 1 aromatic heterocycles. The third-order valence-corrected chi connectivity index (χ3v) is 3.75. The molecule has 2 rings (SSSR count). The van der Waals surface area contributed by atoms with Crippen molar-refractivity contribution in [1.29, 1.82) is 0 Å². The van der Waals surface area contributed by atoms with E-state index in [0.717, 1.165) is 44.4 Å². The highest BCUT2D eigenvalue weighted by molar-refractivity contribution is 5.79. The molecule has 0 spiro atoms. The molecule has 1 aliphatic rings. The highest BCUT2D eigenvalue weighted by Crippen LogP contribution is 2.17. The van der Waals surface area contributed by atoms with Gasteiger partial charge in [-0.15, -0.1) is 0 Å². The summed E-state index contributed by atoms with van der Waals surface area (Å²) in [5.74, 6) is 1.95. The lowest BCUT2D eigenvalue weighted by Crippen LogP contribution is -2.37. The fourth-order valence-electron chi connectivity index (χ4n) is 2.44. The number of pyridine rings is 1. The van der Waals surface area contributed by atoms with Gasteiger partial charge in [0.05, 0.1) is 0 Å². The van der Waals surface area contributed by atoms with Crippen LogP contribution in [0.5, 0.6) is 0 Å². The summed E-state index contributed by atoms with van der Waals surface area (Å²) in [6, 6.07) is 4.27. The maximum Gasteiger partial charge on any atom is 0.191 e. The van der Waals surface area contributed by atoms with E-state index in [1.54, 1.807) is 7.05 Å². The summed E-state index contributed by atoms with van der Waals surface area (Å²) in [7, 11) is 1.80. The van der Waals surface area contributed by atoms with E-state index in [0.29, 0.717) is 0 Å². The van der Waals surface area contributed by atoms with Gasteiger partial charge in [0, 0.05) is 39.4 Å². The zero-order valence-electron chi connectivity index (χ0n) is 13.2. The summed E-state index contributed by atoms with van der Waals surface area (Å²) in [6.07, 6.45) is 6.87. The molecule has 0 atom stereocenters. The Morgan fingerprint density at radius 3 is 2.71 bits per heavy atom. The molecule has 0 radical (unpaired) electrons. The molecule has 116 valence electrons. The monoisotopic (exact) mass is 289 g/mol. The average Bonchev–Trinajstić information content (AvgIpc) is 3.06. The van der Waals surface area contributed by atoms with E-state index >= 15 is 0 Å². The first-order valence-electron chi connectivity index (χ1n) is 7.98. The topological polar surface area (TPSA) is 52.6 Å². The highest BCUT2D eigenvalue weighted by Gasteiger charge is 2.12. The molecule has 2 N–H and O–H groups in total. The second kappa shape index (κ2) is 8.49. The van der Waals surface area contributed by atoms with Crippen molar-refractivity contribution in [2.45, 2.75) is 39.2 Å². The number of unbranched alkanes of at least 4 members (excludes halogenated alkanes) is 1. The molecular weight excluding hydrogens is 262 g/mol. The van der Waals surface area contributed by atoms with Crippen LogP contribution in [0.4, 0.5) is 5.82 Å². The van der Waals surface area contributed by atoms with E-state index in [4.69, 9.17) is 0 Å². The molecule has 1 fully saturated rings. The minimum atomic E-state index is 0.749. The van der Waals surface area contributed by atoms with Gasteiger partial charge in [-0.2, -0.15) is 0 Å². The number of aliphatic imine (C=N–C) groups is 1. The zero-order valence-corrected chi connectivity index (χ0v) is 13.2. The first-order chi connectivity index (χ1) is 10.3. The number of nitrogens with zero attached hydrogens (tertiary/aromatic N) is 3. The van der Waals surface area contributed by atoms with Crippen LogP contribution in [0.1, 0.15) is 38.2 Å². The van der Waals surface area contributed by atoms with E-state index in [-0.39, 0.29) is 0 Å². The normalized spacial score (nSPS) is 15.3. The van der Waals surface area contributed by atoms with Crippen molar-refractivity contribution in [2.24, 2.45) is 4.99 Å². The Hall–Kier alpha value is -1.78. The first-order valence-corrected chi connectivity index (χ1v) is 7.98. The molecule has 0 aromatic carbocycles. The van der Waals surface area contributed by atoms with Gasteiger partial charge in [-0.1, -0.05) is 19.4 Å². The van der Waals surface area contributed by atoms with Crippen LogP contribution in [-0.4, -0.2) is 37.6 Å². The second-order valence-corrected chi connectivity index (χ2v) is 5.42. The molecule has 1 aromatic rings. The van der Waals surface area contributed by atoms with Crippen LogP contribution in [0.25, 0.3) is 0 Å². The molecule has 2 heterocycles. The smallest absolute Gasteiger partial charge is 0.191 e. The zero-order chi connectivity index (χ0) is 14.9. The third kappa shape index (κ3) is 4.92. The SMILES string of the molecule is CCCCNC(=NC)NCc1ccc(N2CCCC2)nc1. The van der Waals surface area contributed by atoms with Crippen molar-refractivity contribution in [3.05, 3.63) is 23.9 Å². The van der Waals surface area contributed by atoms with Crippen molar-refractivity contribution in [3.8, 4) is 0 Å². The molecule has 1 saturated heterocycles. The Labute approximate surface area is 127 Å².